The van der Waals surface area contributed by atoms with Gasteiger partial charge in [-0.05, 0) is 70.1 Å². The SMILES string of the molecule is CN1CCCC12CN(c1cccnc1)C2.c1cncc(N2CC3(CCCN3)C2)c1. The molecule has 29 heavy (non-hydrogen) atoms. The van der Waals surface area contributed by atoms with Crippen molar-refractivity contribution in [2.45, 2.75) is 36.8 Å². The molecule has 4 aliphatic rings. The Morgan fingerprint density at radius 1 is 0.862 bits per heavy atom. The number of rotatable bonds is 2. The molecule has 4 fully saturated rings. The second-order valence-electron chi connectivity index (χ2n) is 9.19. The third kappa shape index (κ3) is 3.60. The molecule has 4 saturated heterocycles. The number of hydrogen-bond acceptors (Lipinski definition) is 6. The predicted octanol–water partition coefficient (Wildman–Crippen LogP) is 2.39. The van der Waals surface area contributed by atoms with Crippen LogP contribution in [0, 0.1) is 0 Å². The Balaban J connectivity index is 0.000000125. The van der Waals surface area contributed by atoms with E-state index in [9.17, 15) is 0 Å². The first-order chi connectivity index (χ1) is 14.2. The third-order valence-corrected chi connectivity index (χ3v) is 7.26. The molecule has 0 atom stereocenters. The highest BCUT2D eigenvalue weighted by Crippen LogP contribution is 2.38. The van der Waals surface area contributed by atoms with Gasteiger partial charge in [0.15, 0.2) is 0 Å². The van der Waals surface area contributed by atoms with E-state index in [2.05, 4.69) is 49.2 Å². The lowest BCUT2D eigenvalue weighted by molar-refractivity contribution is 0.133. The van der Waals surface area contributed by atoms with Gasteiger partial charge in [0, 0.05) is 38.6 Å². The monoisotopic (exact) mass is 392 g/mol. The molecule has 1 N–H and O–H groups in total. The first-order valence-electron chi connectivity index (χ1n) is 10.9. The Hall–Kier alpha value is -2.18. The zero-order chi connectivity index (χ0) is 19.7. The van der Waals surface area contributed by atoms with Crippen molar-refractivity contribution < 1.29 is 0 Å². The molecule has 6 rings (SSSR count). The normalized spacial score (nSPS) is 24.2. The largest absolute Gasteiger partial charge is 0.366 e. The van der Waals surface area contributed by atoms with Gasteiger partial charge < -0.3 is 15.1 Å². The predicted molar refractivity (Wildman–Crippen MR) is 117 cm³/mol. The Labute approximate surface area is 173 Å². The van der Waals surface area contributed by atoms with Gasteiger partial charge in [-0.3, -0.25) is 14.9 Å². The molecule has 6 heterocycles. The Bertz CT molecular complexity index is 791. The highest BCUT2D eigenvalue weighted by molar-refractivity contribution is 5.50. The van der Waals surface area contributed by atoms with E-state index >= 15 is 0 Å². The van der Waals surface area contributed by atoms with E-state index in [1.54, 1.807) is 0 Å². The zero-order valence-electron chi connectivity index (χ0n) is 17.4. The van der Waals surface area contributed by atoms with Gasteiger partial charge in [-0.1, -0.05) is 0 Å². The van der Waals surface area contributed by atoms with Gasteiger partial charge in [-0.25, -0.2) is 0 Å². The molecule has 0 aromatic carbocycles. The maximum absolute atomic E-state index is 4.17. The molecular weight excluding hydrogens is 360 g/mol. The zero-order valence-corrected chi connectivity index (χ0v) is 17.4. The second kappa shape index (κ2) is 7.58. The first kappa shape index (κ1) is 18.8. The number of nitrogens with one attached hydrogen (secondary N) is 1. The Morgan fingerprint density at radius 3 is 2.00 bits per heavy atom. The summed E-state index contributed by atoms with van der Waals surface area (Å²) in [7, 11) is 2.26. The molecule has 0 saturated carbocycles. The summed E-state index contributed by atoms with van der Waals surface area (Å²) in [5, 5.41) is 3.61. The van der Waals surface area contributed by atoms with Crippen LogP contribution in [0.4, 0.5) is 11.4 Å². The van der Waals surface area contributed by atoms with Crippen molar-refractivity contribution in [3.8, 4) is 0 Å². The van der Waals surface area contributed by atoms with Crippen molar-refractivity contribution in [1.82, 2.24) is 20.2 Å². The molecule has 2 spiro atoms. The summed E-state index contributed by atoms with van der Waals surface area (Å²) >= 11 is 0. The molecule has 0 aliphatic carbocycles. The minimum Gasteiger partial charge on any atom is -0.366 e. The molecule has 0 bridgehead atoms. The van der Waals surface area contributed by atoms with E-state index in [0.29, 0.717) is 11.1 Å². The summed E-state index contributed by atoms with van der Waals surface area (Å²) in [5.74, 6) is 0. The summed E-state index contributed by atoms with van der Waals surface area (Å²) in [6.07, 6.45) is 13.0. The number of anilines is 2. The van der Waals surface area contributed by atoms with Crippen LogP contribution in [0.15, 0.2) is 49.1 Å². The lowest BCUT2D eigenvalue weighted by Crippen LogP contribution is -2.67. The van der Waals surface area contributed by atoms with Crippen molar-refractivity contribution in [3.63, 3.8) is 0 Å². The Morgan fingerprint density at radius 2 is 1.52 bits per heavy atom. The van der Waals surface area contributed by atoms with E-state index in [-0.39, 0.29) is 0 Å². The fraction of sp³-hybridized carbons (Fsp3) is 0.565. The van der Waals surface area contributed by atoms with Crippen molar-refractivity contribution in [2.24, 2.45) is 0 Å². The van der Waals surface area contributed by atoms with Gasteiger partial charge in [0.2, 0.25) is 0 Å². The number of aromatic nitrogens is 2. The van der Waals surface area contributed by atoms with Gasteiger partial charge in [0.1, 0.15) is 0 Å². The van der Waals surface area contributed by atoms with Crippen LogP contribution in [0.2, 0.25) is 0 Å². The van der Waals surface area contributed by atoms with Crippen molar-refractivity contribution in [3.05, 3.63) is 49.1 Å². The molecule has 4 aliphatic heterocycles. The second-order valence-corrected chi connectivity index (χ2v) is 9.19. The van der Waals surface area contributed by atoms with E-state index in [0.717, 1.165) is 13.1 Å². The van der Waals surface area contributed by atoms with Crippen LogP contribution < -0.4 is 15.1 Å². The molecule has 0 radical (unpaired) electrons. The highest BCUT2D eigenvalue weighted by atomic mass is 15.4. The molecule has 2 aromatic rings. The van der Waals surface area contributed by atoms with Crippen LogP contribution in [-0.2, 0) is 0 Å². The highest BCUT2D eigenvalue weighted by Gasteiger charge is 2.48. The number of likely N-dealkylation sites (tertiary alicyclic amines) is 1. The van der Waals surface area contributed by atoms with Crippen LogP contribution in [0.5, 0.6) is 0 Å². The smallest absolute Gasteiger partial charge is 0.0557 e. The van der Waals surface area contributed by atoms with Gasteiger partial charge in [0.25, 0.3) is 0 Å². The minimum absolute atomic E-state index is 0.440. The van der Waals surface area contributed by atoms with Crippen LogP contribution in [0.1, 0.15) is 25.7 Å². The Kier molecular flexibility index (Phi) is 4.92. The van der Waals surface area contributed by atoms with E-state index < -0.39 is 0 Å². The number of likely N-dealkylation sites (N-methyl/N-ethyl adjacent to an activating group) is 1. The van der Waals surface area contributed by atoms with Crippen LogP contribution in [-0.4, -0.2) is 72.3 Å². The fourth-order valence-corrected chi connectivity index (χ4v) is 5.41. The molecular formula is C23H32N6. The summed E-state index contributed by atoms with van der Waals surface area (Å²) < 4.78 is 0. The third-order valence-electron chi connectivity index (χ3n) is 7.26. The quantitative estimate of drug-likeness (QED) is 0.847. The van der Waals surface area contributed by atoms with Crippen LogP contribution in [0.25, 0.3) is 0 Å². The summed E-state index contributed by atoms with van der Waals surface area (Å²) in [6.45, 7) is 7.11. The van der Waals surface area contributed by atoms with Gasteiger partial charge >= 0.3 is 0 Å². The topological polar surface area (TPSA) is 47.5 Å². The first-order valence-corrected chi connectivity index (χ1v) is 10.9. The van der Waals surface area contributed by atoms with Gasteiger partial charge in [-0.15, -0.1) is 0 Å². The molecule has 0 amide bonds. The van der Waals surface area contributed by atoms with Crippen molar-refractivity contribution in [1.29, 1.82) is 0 Å². The molecule has 6 heteroatoms. The van der Waals surface area contributed by atoms with E-state index in [4.69, 9.17) is 0 Å². The number of nitrogens with zero attached hydrogens (tertiary/aromatic N) is 5. The molecule has 6 nitrogen and oxygen atoms in total. The molecule has 154 valence electrons. The molecule has 2 aromatic heterocycles. The minimum atomic E-state index is 0.440. The lowest BCUT2D eigenvalue weighted by Gasteiger charge is -2.53. The average Bonchev–Trinajstić information content (AvgIpc) is 3.35. The van der Waals surface area contributed by atoms with E-state index in [1.807, 2.05) is 36.9 Å². The average molecular weight is 393 g/mol. The van der Waals surface area contributed by atoms with E-state index in [1.165, 1.54) is 63.2 Å². The summed E-state index contributed by atoms with van der Waals surface area (Å²) in [6, 6.07) is 8.30. The summed E-state index contributed by atoms with van der Waals surface area (Å²) in [5.41, 5.74) is 3.45. The van der Waals surface area contributed by atoms with Crippen molar-refractivity contribution >= 4 is 11.4 Å². The standard InChI is InChI=1S/C12H17N3.C11H15N3/c1-14-7-3-5-12(14)9-15(10-12)11-4-2-6-13-8-11;1-3-10(7-12-5-1)14-8-11(9-14)4-2-6-13-11/h2,4,6,8H,3,5,7,9-10H2,1H3;1,3,5,7,13H,2,4,6,8-9H2. The van der Waals surface area contributed by atoms with Crippen LogP contribution in [0.3, 0.4) is 0 Å². The molecule has 0 unspecified atom stereocenters. The van der Waals surface area contributed by atoms with Crippen LogP contribution >= 0.6 is 0 Å². The fourth-order valence-electron chi connectivity index (χ4n) is 5.41. The van der Waals surface area contributed by atoms with Gasteiger partial charge in [-0.2, -0.15) is 0 Å². The maximum Gasteiger partial charge on any atom is 0.0557 e. The maximum atomic E-state index is 4.17. The van der Waals surface area contributed by atoms with Gasteiger partial charge in [0.05, 0.1) is 34.8 Å². The number of pyridine rings is 2. The lowest BCUT2D eigenvalue weighted by atomic mass is 9.87. The number of hydrogen-bond donors (Lipinski definition) is 1. The summed E-state index contributed by atoms with van der Waals surface area (Å²) in [4.78, 5) is 15.7. The van der Waals surface area contributed by atoms with Crippen molar-refractivity contribution in [2.75, 3.05) is 56.1 Å².